The van der Waals surface area contributed by atoms with Crippen molar-refractivity contribution >= 4 is 47.2 Å². The van der Waals surface area contributed by atoms with Gasteiger partial charge in [0.25, 0.3) is 11.8 Å². The molecule has 3 N–H and O–H groups in total. The van der Waals surface area contributed by atoms with E-state index in [1.165, 1.54) is 30.8 Å². The van der Waals surface area contributed by atoms with Gasteiger partial charge in [0, 0.05) is 17.1 Å². The first-order chi connectivity index (χ1) is 13.3. The van der Waals surface area contributed by atoms with Crippen molar-refractivity contribution in [3.8, 4) is 0 Å². The van der Waals surface area contributed by atoms with E-state index in [1.54, 1.807) is 19.1 Å². The van der Waals surface area contributed by atoms with Gasteiger partial charge >= 0.3 is 12.0 Å². The second kappa shape index (κ2) is 12.2. The first kappa shape index (κ1) is 23.8. The zero-order chi connectivity index (χ0) is 21.1. The van der Waals surface area contributed by atoms with Crippen LogP contribution in [0, 0.1) is 0 Å². The maximum Gasteiger partial charge on any atom is 0.329 e. The molecule has 1 rings (SSSR count). The molecule has 0 aromatic heterocycles. The Labute approximate surface area is 173 Å². The summed E-state index contributed by atoms with van der Waals surface area (Å²) >= 11 is 7.31. The van der Waals surface area contributed by atoms with Crippen molar-refractivity contribution in [3.05, 3.63) is 34.9 Å². The van der Waals surface area contributed by atoms with E-state index in [-0.39, 0.29) is 0 Å². The fourth-order valence-corrected chi connectivity index (χ4v) is 2.65. The Balaban J connectivity index is 2.72. The van der Waals surface area contributed by atoms with Crippen LogP contribution in [0.3, 0.4) is 0 Å². The number of amides is 4. The first-order valence-corrected chi connectivity index (χ1v) is 10.4. The molecular weight excluding hydrogens is 406 g/mol. The van der Waals surface area contributed by atoms with E-state index in [0.29, 0.717) is 29.3 Å². The zero-order valence-electron chi connectivity index (χ0n) is 15.9. The minimum absolute atomic E-state index is 0.323. The second-order valence-corrected chi connectivity index (χ2v) is 7.16. The molecular formula is C18H24ClN3O5S. The Morgan fingerprint density at radius 3 is 2.39 bits per heavy atom. The third-order valence-electron chi connectivity index (χ3n) is 3.54. The Morgan fingerprint density at radius 2 is 1.82 bits per heavy atom. The molecule has 0 aliphatic heterocycles. The molecule has 2 atom stereocenters. The van der Waals surface area contributed by atoms with Crippen LogP contribution in [0.2, 0.25) is 5.02 Å². The number of halogens is 1. The van der Waals surface area contributed by atoms with Crippen LogP contribution in [-0.4, -0.2) is 54.5 Å². The lowest BCUT2D eigenvalue weighted by atomic mass is 10.1. The van der Waals surface area contributed by atoms with Crippen LogP contribution in [0.1, 0.15) is 30.6 Å². The van der Waals surface area contributed by atoms with Gasteiger partial charge in [0.15, 0.2) is 6.10 Å². The lowest BCUT2D eigenvalue weighted by Gasteiger charge is -2.20. The van der Waals surface area contributed by atoms with Gasteiger partial charge in [-0.25, -0.2) is 9.59 Å². The van der Waals surface area contributed by atoms with E-state index < -0.39 is 36.0 Å². The van der Waals surface area contributed by atoms with Crippen LogP contribution in [0.5, 0.6) is 0 Å². The number of carbonyl (C=O) groups is 4. The number of ether oxygens (including phenoxy) is 1. The summed E-state index contributed by atoms with van der Waals surface area (Å²) in [7, 11) is 0. The van der Waals surface area contributed by atoms with Crippen LogP contribution in [0.15, 0.2) is 24.3 Å². The van der Waals surface area contributed by atoms with Gasteiger partial charge in [-0.15, -0.1) is 0 Å². The van der Waals surface area contributed by atoms with Crippen molar-refractivity contribution in [2.75, 3.05) is 18.6 Å². The highest BCUT2D eigenvalue weighted by atomic mass is 35.5. The predicted molar refractivity (Wildman–Crippen MR) is 108 cm³/mol. The summed E-state index contributed by atoms with van der Waals surface area (Å²) in [5.41, 5.74) is 0.341. The molecule has 0 bridgehead atoms. The standard InChI is InChI=1S/C18H24ClN3O5S/c1-4-20-18(26)22-15(23)11(2)27-17(25)14(9-10-28-3)21-16(24)12-5-7-13(19)8-6-12/h5-8,11,14H,4,9-10H2,1-3H3,(H,21,24)(H2,20,22,23,26). The Hall–Kier alpha value is -2.26. The summed E-state index contributed by atoms with van der Waals surface area (Å²) in [6, 6.07) is 4.60. The lowest BCUT2D eigenvalue weighted by molar-refractivity contribution is -0.156. The summed E-state index contributed by atoms with van der Waals surface area (Å²) in [5, 5.41) is 7.57. The van der Waals surface area contributed by atoms with Gasteiger partial charge in [-0.3, -0.25) is 14.9 Å². The molecule has 154 valence electrons. The number of hydrogen-bond donors (Lipinski definition) is 3. The zero-order valence-corrected chi connectivity index (χ0v) is 17.5. The number of urea groups is 1. The van der Waals surface area contributed by atoms with Crippen molar-refractivity contribution in [1.82, 2.24) is 16.0 Å². The minimum Gasteiger partial charge on any atom is -0.451 e. The number of thioether (sulfide) groups is 1. The third kappa shape index (κ3) is 8.18. The van der Waals surface area contributed by atoms with E-state index >= 15 is 0 Å². The fraction of sp³-hybridized carbons (Fsp3) is 0.444. The monoisotopic (exact) mass is 429 g/mol. The molecule has 8 nitrogen and oxygen atoms in total. The molecule has 1 aromatic carbocycles. The molecule has 1 aromatic rings. The predicted octanol–water partition coefficient (Wildman–Crippen LogP) is 1.97. The molecule has 0 heterocycles. The van der Waals surface area contributed by atoms with Crippen molar-refractivity contribution in [3.63, 3.8) is 0 Å². The van der Waals surface area contributed by atoms with Gasteiger partial charge in [0.1, 0.15) is 6.04 Å². The third-order valence-corrected chi connectivity index (χ3v) is 4.44. The number of esters is 1. The van der Waals surface area contributed by atoms with Gasteiger partial charge in [-0.1, -0.05) is 11.6 Å². The molecule has 28 heavy (non-hydrogen) atoms. The van der Waals surface area contributed by atoms with Crippen molar-refractivity contribution in [1.29, 1.82) is 0 Å². The van der Waals surface area contributed by atoms with Gasteiger partial charge < -0.3 is 15.4 Å². The van der Waals surface area contributed by atoms with E-state index in [2.05, 4.69) is 16.0 Å². The topological polar surface area (TPSA) is 114 Å². The van der Waals surface area contributed by atoms with Gasteiger partial charge in [0.05, 0.1) is 0 Å². The number of hydrogen-bond acceptors (Lipinski definition) is 6. The van der Waals surface area contributed by atoms with Gasteiger partial charge in [-0.05, 0) is 56.5 Å². The quantitative estimate of drug-likeness (QED) is 0.517. The molecule has 0 saturated carbocycles. The summed E-state index contributed by atoms with van der Waals surface area (Å²) < 4.78 is 5.13. The maximum atomic E-state index is 12.4. The van der Waals surface area contributed by atoms with E-state index in [9.17, 15) is 19.2 Å². The molecule has 0 aliphatic rings. The first-order valence-electron chi connectivity index (χ1n) is 8.63. The van der Waals surface area contributed by atoms with Crippen molar-refractivity contribution in [2.45, 2.75) is 32.4 Å². The van der Waals surface area contributed by atoms with Crippen molar-refractivity contribution in [2.24, 2.45) is 0 Å². The van der Waals surface area contributed by atoms with Crippen LogP contribution in [0.25, 0.3) is 0 Å². The highest BCUT2D eigenvalue weighted by molar-refractivity contribution is 7.98. The summed E-state index contributed by atoms with van der Waals surface area (Å²) in [6.45, 7) is 3.40. The SMILES string of the molecule is CCNC(=O)NC(=O)C(C)OC(=O)C(CCSC)NC(=O)c1ccc(Cl)cc1. The number of benzene rings is 1. The normalized spacial score (nSPS) is 12.4. The minimum atomic E-state index is -1.20. The summed E-state index contributed by atoms with van der Waals surface area (Å²) in [6.07, 6.45) is 0.995. The van der Waals surface area contributed by atoms with Crippen LogP contribution >= 0.6 is 23.4 Å². The molecule has 0 radical (unpaired) electrons. The Kier molecular flexibility index (Phi) is 10.4. The maximum absolute atomic E-state index is 12.4. The Bertz CT molecular complexity index is 699. The molecule has 0 saturated heterocycles. The smallest absolute Gasteiger partial charge is 0.329 e. The van der Waals surface area contributed by atoms with Crippen LogP contribution in [0.4, 0.5) is 4.79 Å². The van der Waals surface area contributed by atoms with Crippen LogP contribution < -0.4 is 16.0 Å². The van der Waals surface area contributed by atoms with Crippen LogP contribution in [-0.2, 0) is 14.3 Å². The molecule has 0 spiro atoms. The number of nitrogens with one attached hydrogen (secondary N) is 3. The van der Waals surface area contributed by atoms with Gasteiger partial charge in [0.2, 0.25) is 0 Å². The average molecular weight is 430 g/mol. The van der Waals surface area contributed by atoms with E-state index in [1.807, 2.05) is 6.26 Å². The molecule has 2 unspecified atom stereocenters. The number of carbonyl (C=O) groups excluding carboxylic acids is 4. The second-order valence-electron chi connectivity index (χ2n) is 5.74. The largest absolute Gasteiger partial charge is 0.451 e. The average Bonchev–Trinajstić information content (AvgIpc) is 2.65. The lowest BCUT2D eigenvalue weighted by Crippen LogP contribution is -2.47. The molecule has 0 aliphatic carbocycles. The molecule has 10 heteroatoms. The fourth-order valence-electron chi connectivity index (χ4n) is 2.06. The number of imide groups is 1. The highest BCUT2D eigenvalue weighted by Crippen LogP contribution is 2.11. The van der Waals surface area contributed by atoms with Crippen molar-refractivity contribution < 1.29 is 23.9 Å². The Morgan fingerprint density at radius 1 is 1.18 bits per heavy atom. The highest BCUT2D eigenvalue weighted by Gasteiger charge is 2.27. The summed E-state index contributed by atoms with van der Waals surface area (Å²) in [5.74, 6) is -1.37. The van der Waals surface area contributed by atoms with Gasteiger partial charge in [-0.2, -0.15) is 11.8 Å². The summed E-state index contributed by atoms with van der Waals surface area (Å²) in [4.78, 5) is 48.1. The number of rotatable bonds is 9. The van der Waals surface area contributed by atoms with E-state index in [0.717, 1.165) is 0 Å². The molecule has 4 amide bonds. The van der Waals surface area contributed by atoms with E-state index in [4.69, 9.17) is 16.3 Å². The molecule has 0 fully saturated rings.